The van der Waals surface area contributed by atoms with Crippen LogP contribution in [0.1, 0.15) is 5.69 Å². The Morgan fingerprint density at radius 1 is 1.30 bits per heavy atom. The van der Waals surface area contributed by atoms with Gasteiger partial charge in [0.2, 0.25) is 0 Å². The summed E-state index contributed by atoms with van der Waals surface area (Å²) in [6, 6.07) is 11.4. The van der Waals surface area contributed by atoms with Gasteiger partial charge in [-0.3, -0.25) is 0 Å². The first-order chi connectivity index (χ1) is 4.86. The molecule has 1 nitrogen and oxygen atoms in total. The monoisotopic (exact) mass is 130 g/mol. The lowest BCUT2D eigenvalue weighted by Crippen LogP contribution is -1.65. The van der Waals surface area contributed by atoms with E-state index >= 15 is 0 Å². The molecule has 1 aromatic carbocycles. The first-order valence-corrected chi connectivity index (χ1v) is 3.33. The number of aryl methyl sites for hydroxylation is 1. The fraction of sp³-hybridized carbons (Fsp3) is 0.111. The molecule has 0 atom stereocenters. The normalized spacial score (nSPS) is 10.5. The fourth-order valence-electron chi connectivity index (χ4n) is 1.14. The number of benzene rings is 1. The minimum atomic E-state index is 1.10. The Hall–Kier alpha value is -1.24. The van der Waals surface area contributed by atoms with Crippen LogP contribution in [-0.4, -0.2) is 4.98 Å². The molecule has 0 fully saturated rings. The summed E-state index contributed by atoms with van der Waals surface area (Å²) in [6.07, 6.45) is 0. The van der Waals surface area contributed by atoms with Gasteiger partial charge in [0.15, 0.2) is 0 Å². The van der Waals surface area contributed by atoms with E-state index in [-0.39, 0.29) is 0 Å². The van der Waals surface area contributed by atoms with Gasteiger partial charge in [0.25, 0.3) is 0 Å². The molecular formula is C9H8N. The zero-order chi connectivity index (χ0) is 6.97. The van der Waals surface area contributed by atoms with Crippen molar-refractivity contribution in [2.75, 3.05) is 0 Å². The van der Waals surface area contributed by atoms with Gasteiger partial charge in [0.1, 0.15) is 0 Å². The van der Waals surface area contributed by atoms with Crippen molar-refractivity contribution in [2.24, 2.45) is 0 Å². The van der Waals surface area contributed by atoms with Gasteiger partial charge in [-0.2, -0.15) is 0 Å². The van der Waals surface area contributed by atoms with Crippen molar-refractivity contribution in [1.82, 2.24) is 4.98 Å². The number of nitrogens with one attached hydrogen (secondary N) is 1. The third-order valence-electron chi connectivity index (χ3n) is 1.57. The van der Waals surface area contributed by atoms with E-state index in [2.05, 4.69) is 23.2 Å². The minimum Gasteiger partial charge on any atom is -0.358 e. The van der Waals surface area contributed by atoms with Gasteiger partial charge in [-0.15, -0.1) is 0 Å². The van der Waals surface area contributed by atoms with Crippen molar-refractivity contribution in [3.8, 4) is 0 Å². The summed E-state index contributed by atoms with van der Waals surface area (Å²) in [6.45, 7) is 2.01. The summed E-state index contributed by atoms with van der Waals surface area (Å²) in [5.41, 5.74) is 2.27. The Bertz CT molecular complexity index is 313. The predicted molar refractivity (Wildman–Crippen MR) is 41.9 cm³/mol. The van der Waals surface area contributed by atoms with Gasteiger partial charge in [-0.1, -0.05) is 18.2 Å². The van der Waals surface area contributed by atoms with Crippen LogP contribution in [0.25, 0.3) is 10.9 Å². The van der Waals surface area contributed by atoms with E-state index < -0.39 is 0 Å². The van der Waals surface area contributed by atoms with Crippen molar-refractivity contribution in [3.05, 3.63) is 36.0 Å². The largest absolute Gasteiger partial charge is 0.358 e. The third-order valence-corrected chi connectivity index (χ3v) is 1.57. The summed E-state index contributed by atoms with van der Waals surface area (Å²) >= 11 is 0. The highest BCUT2D eigenvalue weighted by atomic mass is 14.7. The Morgan fingerprint density at radius 2 is 2.10 bits per heavy atom. The Labute approximate surface area is 59.7 Å². The molecule has 1 heterocycles. The highest BCUT2D eigenvalue weighted by Gasteiger charge is 1.93. The average molecular weight is 130 g/mol. The van der Waals surface area contributed by atoms with Gasteiger partial charge in [0, 0.05) is 22.7 Å². The van der Waals surface area contributed by atoms with E-state index in [1.54, 1.807) is 0 Å². The molecule has 0 bridgehead atoms. The molecule has 2 aromatic rings. The highest BCUT2D eigenvalue weighted by Crippen LogP contribution is 2.12. The topological polar surface area (TPSA) is 15.8 Å². The first kappa shape index (κ1) is 5.54. The molecule has 1 radical (unpaired) electrons. The second-order valence-corrected chi connectivity index (χ2v) is 2.42. The van der Waals surface area contributed by atoms with E-state index in [0.717, 1.165) is 5.69 Å². The van der Waals surface area contributed by atoms with Crippen LogP contribution < -0.4 is 0 Å². The van der Waals surface area contributed by atoms with Crippen molar-refractivity contribution >= 4 is 10.9 Å². The number of hydrogen-bond donors (Lipinski definition) is 1. The van der Waals surface area contributed by atoms with Crippen molar-refractivity contribution in [1.29, 1.82) is 0 Å². The molecule has 2 rings (SSSR count). The van der Waals surface area contributed by atoms with Crippen molar-refractivity contribution in [3.63, 3.8) is 0 Å². The Balaban J connectivity index is 2.88. The van der Waals surface area contributed by atoms with Gasteiger partial charge in [0.05, 0.1) is 0 Å². The molecular weight excluding hydrogens is 122 g/mol. The van der Waals surface area contributed by atoms with E-state index in [4.69, 9.17) is 0 Å². The number of aromatic nitrogens is 1. The number of para-hydroxylation sites is 1. The van der Waals surface area contributed by atoms with Crippen LogP contribution in [-0.2, 0) is 0 Å². The molecule has 0 saturated carbocycles. The Morgan fingerprint density at radius 3 is 2.90 bits per heavy atom. The van der Waals surface area contributed by atoms with Crippen LogP contribution in [0.5, 0.6) is 0 Å². The Kier molecular flexibility index (Phi) is 1.04. The predicted octanol–water partition coefficient (Wildman–Crippen LogP) is 2.28. The van der Waals surface area contributed by atoms with Gasteiger partial charge < -0.3 is 4.98 Å². The lowest BCUT2D eigenvalue weighted by atomic mass is 10.2. The molecule has 1 N–H and O–H groups in total. The fourth-order valence-corrected chi connectivity index (χ4v) is 1.14. The molecule has 0 saturated heterocycles. The van der Waals surface area contributed by atoms with E-state index in [9.17, 15) is 0 Å². The van der Waals surface area contributed by atoms with Crippen molar-refractivity contribution < 1.29 is 0 Å². The molecule has 0 aliphatic carbocycles. The molecule has 49 valence electrons. The van der Waals surface area contributed by atoms with E-state index in [1.165, 1.54) is 10.9 Å². The molecule has 10 heavy (non-hydrogen) atoms. The highest BCUT2D eigenvalue weighted by molar-refractivity contribution is 5.79. The molecule has 0 aliphatic heterocycles. The summed E-state index contributed by atoms with van der Waals surface area (Å²) in [5.74, 6) is 0. The van der Waals surface area contributed by atoms with Crippen LogP contribution >= 0.6 is 0 Å². The maximum absolute atomic E-state index is 3.20. The first-order valence-electron chi connectivity index (χ1n) is 3.33. The minimum absolute atomic E-state index is 1.10. The summed E-state index contributed by atoms with van der Waals surface area (Å²) in [4.78, 5) is 3.20. The smallest absolute Gasteiger partial charge is 0.0462 e. The lowest BCUT2D eigenvalue weighted by molar-refractivity contribution is 1.30. The summed E-state index contributed by atoms with van der Waals surface area (Å²) in [7, 11) is 0. The van der Waals surface area contributed by atoms with Crippen LogP contribution in [0.3, 0.4) is 0 Å². The van der Waals surface area contributed by atoms with E-state index in [1.807, 2.05) is 19.1 Å². The number of hydrogen-bond acceptors (Lipinski definition) is 0. The van der Waals surface area contributed by atoms with Crippen LogP contribution in [0.15, 0.2) is 24.3 Å². The summed E-state index contributed by atoms with van der Waals surface area (Å²) < 4.78 is 0. The number of H-pyrrole nitrogens is 1. The maximum Gasteiger partial charge on any atom is 0.0462 e. The molecule has 1 aromatic heterocycles. The SMILES string of the molecule is Cc1[c]c2ccccc2[nH]1. The van der Waals surface area contributed by atoms with Gasteiger partial charge >= 0.3 is 0 Å². The van der Waals surface area contributed by atoms with Gasteiger partial charge in [-0.25, -0.2) is 0 Å². The third kappa shape index (κ3) is 0.711. The quantitative estimate of drug-likeness (QED) is 0.563. The molecule has 0 aliphatic rings. The molecule has 0 spiro atoms. The second kappa shape index (κ2) is 1.87. The van der Waals surface area contributed by atoms with Crippen molar-refractivity contribution in [2.45, 2.75) is 6.92 Å². The molecule has 0 amide bonds. The average Bonchev–Trinajstić information content (AvgIpc) is 2.27. The summed E-state index contributed by atoms with van der Waals surface area (Å²) in [5, 5.41) is 1.17. The van der Waals surface area contributed by atoms with Crippen LogP contribution in [0, 0.1) is 13.0 Å². The number of aromatic amines is 1. The molecule has 1 heteroatoms. The van der Waals surface area contributed by atoms with Crippen LogP contribution in [0.2, 0.25) is 0 Å². The standard InChI is InChI=1S/C9H8N/c1-7-6-8-4-2-3-5-9(8)10-7/h2-5,10H,1H3. The lowest BCUT2D eigenvalue weighted by Gasteiger charge is -1.83. The van der Waals surface area contributed by atoms with Gasteiger partial charge in [-0.05, 0) is 13.0 Å². The molecule has 0 unspecified atom stereocenters. The number of fused-ring (bicyclic) bond motifs is 1. The second-order valence-electron chi connectivity index (χ2n) is 2.42. The maximum atomic E-state index is 3.20. The zero-order valence-electron chi connectivity index (χ0n) is 5.81. The zero-order valence-corrected chi connectivity index (χ0v) is 5.81. The number of rotatable bonds is 0. The van der Waals surface area contributed by atoms with E-state index in [0.29, 0.717) is 0 Å². The van der Waals surface area contributed by atoms with Crippen LogP contribution in [0.4, 0.5) is 0 Å².